The number of hydrogen-bond acceptors (Lipinski definition) is 4. The third-order valence-electron chi connectivity index (χ3n) is 5.78. The number of fused-ring (bicyclic) bond motifs is 1. The van der Waals surface area contributed by atoms with Gasteiger partial charge in [0.15, 0.2) is 0 Å². The first-order valence-electron chi connectivity index (χ1n) is 10.6. The van der Waals surface area contributed by atoms with Crippen LogP contribution < -0.4 is 11.2 Å². The lowest BCUT2D eigenvalue weighted by atomic mass is 10.0. The van der Waals surface area contributed by atoms with Gasteiger partial charge in [0, 0.05) is 17.1 Å². The van der Waals surface area contributed by atoms with Crippen molar-refractivity contribution in [3.63, 3.8) is 0 Å². The third kappa shape index (κ3) is 3.89. The summed E-state index contributed by atoms with van der Waals surface area (Å²) in [6.07, 6.45) is 3.43. The molecule has 0 bridgehead atoms. The second-order valence-corrected chi connectivity index (χ2v) is 7.92. The molecule has 32 heavy (non-hydrogen) atoms. The Kier molecular flexibility index (Phi) is 5.81. The van der Waals surface area contributed by atoms with Gasteiger partial charge in [-0.3, -0.25) is 14.8 Å². The monoisotopic (exact) mass is 430 g/mol. The summed E-state index contributed by atoms with van der Waals surface area (Å²) < 4.78 is 1.12. The minimum absolute atomic E-state index is 0.00484. The predicted molar refractivity (Wildman–Crippen MR) is 127 cm³/mol. The summed E-state index contributed by atoms with van der Waals surface area (Å²) in [7, 11) is 0. The summed E-state index contributed by atoms with van der Waals surface area (Å²) in [5.41, 5.74) is 2.56. The number of para-hydroxylation sites is 2. The van der Waals surface area contributed by atoms with Crippen LogP contribution in [0, 0.1) is 6.92 Å². The van der Waals surface area contributed by atoms with Gasteiger partial charge in [-0.2, -0.15) is 0 Å². The number of aromatic amines is 2. The molecule has 0 fully saturated rings. The molecule has 4 rings (SSSR count). The highest BCUT2D eigenvalue weighted by Crippen LogP contribution is 2.23. The van der Waals surface area contributed by atoms with E-state index in [2.05, 4.69) is 16.0 Å². The Hall–Kier alpha value is -3.87. The van der Waals surface area contributed by atoms with Crippen LogP contribution >= 0.6 is 0 Å². The molecule has 0 aliphatic rings. The van der Waals surface area contributed by atoms with E-state index in [9.17, 15) is 14.7 Å². The molecule has 0 saturated heterocycles. The van der Waals surface area contributed by atoms with E-state index in [0.717, 1.165) is 33.0 Å². The molecular weight excluding hydrogens is 404 g/mol. The normalized spacial score (nSPS) is 12.9. The fourth-order valence-corrected chi connectivity index (χ4v) is 4.06. The maximum Gasteiger partial charge on any atom is 0.335 e. The van der Waals surface area contributed by atoms with Crippen LogP contribution in [0.2, 0.25) is 0 Å². The van der Waals surface area contributed by atoms with Crippen molar-refractivity contribution >= 4 is 16.6 Å². The minimum atomic E-state index is -0.691. The van der Waals surface area contributed by atoms with Crippen molar-refractivity contribution in [2.45, 2.75) is 39.7 Å². The molecule has 2 aromatic carbocycles. The van der Waals surface area contributed by atoms with E-state index in [1.165, 1.54) is 0 Å². The molecule has 0 spiro atoms. The topological polar surface area (TPSA) is 103 Å². The molecule has 0 aliphatic carbocycles. The van der Waals surface area contributed by atoms with Gasteiger partial charge in [0.1, 0.15) is 5.56 Å². The van der Waals surface area contributed by atoms with Gasteiger partial charge < -0.3 is 10.1 Å². The average Bonchev–Trinajstić information content (AvgIpc) is 3.17. The molecule has 7 heteroatoms. The van der Waals surface area contributed by atoms with Gasteiger partial charge in [0.25, 0.3) is 5.56 Å². The Morgan fingerprint density at radius 3 is 2.59 bits per heavy atom. The molecule has 0 radical (unpaired) electrons. The van der Waals surface area contributed by atoms with Gasteiger partial charge in [-0.1, -0.05) is 43.3 Å². The van der Waals surface area contributed by atoms with Crippen LogP contribution in [0.5, 0.6) is 5.88 Å². The van der Waals surface area contributed by atoms with Crippen molar-refractivity contribution in [1.29, 1.82) is 0 Å². The third-order valence-corrected chi connectivity index (χ3v) is 5.78. The molecule has 3 N–H and O–H groups in total. The highest BCUT2D eigenvalue weighted by molar-refractivity contribution is 6.00. The zero-order valence-corrected chi connectivity index (χ0v) is 18.3. The molecule has 0 aliphatic heterocycles. The number of hydrogen-bond donors (Lipinski definition) is 3. The standard InChI is InChI=1S/C25H26N4O3/c1-4-18(13-17-14-26-20-11-7-6-10-19(17)20)27-16(3)22-23(30)28-25(32)29(24(22)31)21-12-8-5-9-15(21)2/h5-12,14,18,26,31H,4,13H2,1-3H3,(H,28,30,32). The first-order chi connectivity index (χ1) is 15.4. The predicted octanol–water partition coefficient (Wildman–Crippen LogP) is 3.85. The van der Waals surface area contributed by atoms with Gasteiger partial charge in [0.05, 0.1) is 17.4 Å². The van der Waals surface area contributed by atoms with Crippen LogP contribution in [-0.4, -0.2) is 31.4 Å². The van der Waals surface area contributed by atoms with E-state index >= 15 is 0 Å². The zero-order chi connectivity index (χ0) is 22.8. The van der Waals surface area contributed by atoms with Crippen molar-refractivity contribution in [2.75, 3.05) is 0 Å². The second kappa shape index (κ2) is 8.70. The van der Waals surface area contributed by atoms with Crippen LogP contribution in [0.1, 0.15) is 37.0 Å². The number of nitrogens with zero attached hydrogens (tertiary/aromatic N) is 2. The summed E-state index contributed by atoms with van der Waals surface area (Å²) in [5.74, 6) is -0.406. The molecule has 2 aromatic heterocycles. The summed E-state index contributed by atoms with van der Waals surface area (Å²) in [6, 6.07) is 15.2. The molecular formula is C25H26N4O3. The molecule has 0 saturated carbocycles. The Labute approximate surface area is 185 Å². The van der Waals surface area contributed by atoms with E-state index in [0.29, 0.717) is 17.8 Å². The average molecular weight is 431 g/mol. The van der Waals surface area contributed by atoms with E-state index in [1.54, 1.807) is 19.1 Å². The quantitative estimate of drug-likeness (QED) is 0.405. The number of benzene rings is 2. The highest BCUT2D eigenvalue weighted by Gasteiger charge is 2.20. The van der Waals surface area contributed by atoms with Gasteiger partial charge in [-0.25, -0.2) is 9.36 Å². The largest absolute Gasteiger partial charge is 0.493 e. The number of aromatic hydroxyl groups is 1. The van der Waals surface area contributed by atoms with Crippen LogP contribution in [0.15, 0.2) is 69.3 Å². The Morgan fingerprint density at radius 2 is 1.84 bits per heavy atom. The lowest BCUT2D eigenvalue weighted by molar-refractivity contribution is 0.429. The summed E-state index contributed by atoms with van der Waals surface area (Å²) in [6.45, 7) is 5.56. The lowest BCUT2D eigenvalue weighted by Gasteiger charge is -2.15. The van der Waals surface area contributed by atoms with Gasteiger partial charge in [-0.15, -0.1) is 0 Å². The molecule has 2 heterocycles. The number of H-pyrrole nitrogens is 2. The van der Waals surface area contributed by atoms with Crippen LogP contribution in [0.25, 0.3) is 16.6 Å². The van der Waals surface area contributed by atoms with Crippen LogP contribution in [0.4, 0.5) is 0 Å². The zero-order valence-electron chi connectivity index (χ0n) is 18.3. The second-order valence-electron chi connectivity index (χ2n) is 7.92. The van der Waals surface area contributed by atoms with Crippen molar-refractivity contribution in [3.05, 3.63) is 92.3 Å². The summed E-state index contributed by atoms with van der Waals surface area (Å²) in [5, 5.41) is 12.1. The van der Waals surface area contributed by atoms with Crippen LogP contribution in [0.3, 0.4) is 0 Å². The fourth-order valence-electron chi connectivity index (χ4n) is 4.06. The maximum atomic E-state index is 12.6. The molecule has 1 unspecified atom stereocenters. The van der Waals surface area contributed by atoms with E-state index in [-0.39, 0.29) is 11.6 Å². The number of aromatic nitrogens is 3. The van der Waals surface area contributed by atoms with Gasteiger partial charge in [-0.05, 0) is 49.9 Å². The number of aliphatic imine (C=N–C) groups is 1. The summed E-state index contributed by atoms with van der Waals surface area (Å²) in [4.78, 5) is 35.5. The number of rotatable bonds is 6. The number of aryl methyl sites for hydroxylation is 1. The number of nitrogens with one attached hydrogen (secondary N) is 2. The Morgan fingerprint density at radius 1 is 1.12 bits per heavy atom. The molecule has 0 amide bonds. The van der Waals surface area contributed by atoms with Gasteiger partial charge >= 0.3 is 5.69 Å². The van der Waals surface area contributed by atoms with Crippen molar-refractivity contribution in [2.24, 2.45) is 4.99 Å². The fraction of sp³-hybridized carbons (Fsp3) is 0.240. The van der Waals surface area contributed by atoms with Crippen molar-refractivity contribution < 1.29 is 5.11 Å². The van der Waals surface area contributed by atoms with Crippen molar-refractivity contribution in [1.82, 2.24) is 14.5 Å². The molecule has 7 nitrogen and oxygen atoms in total. The maximum absolute atomic E-state index is 12.6. The molecule has 4 aromatic rings. The van der Waals surface area contributed by atoms with Crippen molar-refractivity contribution in [3.8, 4) is 11.6 Å². The minimum Gasteiger partial charge on any atom is -0.493 e. The van der Waals surface area contributed by atoms with E-state index < -0.39 is 17.1 Å². The molecule has 164 valence electrons. The first kappa shape index (κ1) is 21.4. The van der Waals surface area contributed by atoms with E-state index in [4.69, 9.17) is 4.99 Å². The summed E-state index contributed by atoms with van der Waals surface area (Å²) >= 11 is 0. The smallest absolute Gasteiger partial charge is 0.335 e. The highest BCUT2D eigenvalue weighted by atomic mass is 16.3. The lowest BCUT2D eigenvalue weighted by Crippen LogP contribution is -2.33. The SMILES string of the molecule is CCC(Cc1c[nH]c2ccccc12)N=C(C)c1c(O)n(-c2ccccc2C)c(=O)[nH]c1=O. The Bertz CT molecular complexity index is 1430. The first-order valence-corrected chi connectivity index (χ1v) is 10.6. The van der Waals surface area contributed by atoms with Gasteiger partial charge in [0.2, 0.25) is 5.88 Å². The van der Waals surface area contributed by atoms with Crippen LogP contribution in [-0.2, 0) is 6.42 Å². The van der Waals surface area contributed by atoms with E-state index in [1.807, 2.05) is 50.4 Å². The Balaban J connectivity index is 1.75. The molecule has 1 atom stereocenters.